The molecule has 9 heteroatoms. The van der Waals surface area contributed by atoms with Gasteiger partial charge in [-0.1, -0.05) is 13.8 Å². The molecule has 1 atom stereocenters. The number of nitrogens with one attached hydrogen (secondary N) is 1. The second-order valence-electron chi connectivity index (χ2n) is 8.89. The van der Waals surface area contributed by atoms with Gasteiger partial charge in [-0.2, -0.15) is 0 Å². The Morgan fingerprint density at radius 2 is 2.07 bits per heavy atom. The zero-order valence-electron chi connectivity index (χ0n) is 18.0. The summed E-state index contributed by atoms with van der Waals surface area (Å²) in [5.41, 5.74) is 0.989. The second-order valence-corrected chi connectivity index (χ2v) is 10.9. The molecule has 1 saturated heterocycles. The van der Waals surface area contributed by atoms with Crippen LogP contribution in [0.15, 0.2) is 23.1 Å². The van der Waals surface area contributed by atoms with Crippen LogP contribution in [0.1, 0.15) is 32.4 Å². The van der Waals surface area contributed by atoms with E-state index in [2.05, 4.69) is 15.3 Å². The number of nitrogens with zero attached hydrogens (tertiary/aromatic N) is 3. The van der Waals surface area contributed by atoms with Gasteiger partial charge in [-0.25, -0.2) is 18.4 Å². The molecule has 1 amide bonds. The minimum absolute atomic E-state index is 0.00372. The smallest absolute Gasteiger partial charge is 0.226 e. The van der Waals surface area contributed by atoms with E-state index in [0.717, 1.165) is 30.5 Å². The maximum atomic E-state index is 12.6. The fraction of sp³-hybridized carbons (Fsp3) is 0.571. The van der Waals surface area contributed by atoms with Crippen LogP contribution in [0.25, 0.3) is 10.9 Å². The summed E-state index contributed by atoms with van der Waals surface area (Å²) in [6.45, 7) is 7.33. The first-order chi connectivity index (χ1) is 14.0. The molecule has 30 heavy (non-hydrogen) atoms. The number of rotatable bonds is 6. The molecule has 0 bridgehead atoms. The van der Waals surface area contributed by atoms with Gasteiger partial charge in [0, 0.05) is 43.3 Å². The fourth-order valence-corrected chi connectivity index (χ4v) is 4.17. The number of piperidine rings is 1. The molecular weight excluding hydrogens is 404 g/mol. The molecule has 2 aromatic rings. The molecule has 1 unspecified atom stereocenters. The SMILES string of the molecule is Cc1nc(N2CCCC(C(=O)NCC(C)(C)CO)C2)nc2cc(S(C)(=O)=O)ccc12. The number of aliphatic hydroxyl groups excluding tert-OH is 1. The molecule has 1 aliphatic rings. The van der Waals surface area contributed by atoms with E-state index in [4.69, 9.17) is 0 Å². The van der Waals surface area contributed by atoms with E-state index < -0.39 is 9.84 Å². The summed E-state index contributed by atoms with van der Waals surface area (Å²) >= 11 is 0. The van der Waals surface area contributed by atoms with Gasteiger partial charge in [0.25, 0.3) is 0 Å². The normalized spacial score (nSPS) is 17.9. The van der Waals surface area contributed by atoms with Crippen LogP contribution >= 0.6 is 0 Å². The summed E-state index contributed by atoms with van der Waals surface area (Å²) in [5.74, 6) is 0.298. The molecule has 0 saturated carbocycles. The lowest BCUT2D eigenvalue weighted by Crippen LogP contribution is -2.46. The summed E-state index contributed by atoms with van der Waals surface area (Å²) in [4.78, 5) is 24.1. The molecule has 0 aliphatic carbocycles. The molecule has 2 heterocycles. The van der Waals surface area contributed by atoms with E-state index in [0.29, 0.717) is 24.6 Å². The molecule has 1 aromatic carbocycles. The monoisotopic (exact) mass is 434 g/mol. The zero-order chi connectivity index (χ0) is 22.1. The minimum atomic E-state index is -3.33. The molecule has 1 aromatic heterocycles. The number of fused-ring (bicyclic) bond motifs is 1. The van der Waals surface area contributed by atoms with Gasteiger partial charge >= 0.3 is 0 Å². The van der Waals surface area contributed by atoms with Gasteiger partial charge in [0.2, 0.25) is 11.9 Å². The van der Waals surface area contributed by atoms with Gasteiger partial charge < -0.3 is 15.3 Å². The Labute approximate surface area is 177 Å². The highest BCUT2D eigenvalue weighted by atomic mass is 32.2. The third-order valence-corrected chi connectivity index (χ3v) is 6.63. The van der Waals surface area contributed by atoms with Crippen molar-refractivity contribution in [2.75, 3.05) is 37.4 Å². The Morgan fingerprint density at radius 1 is 1.33 bits per heavy atom. The number of carbonyl (C=O) groups is 1. The highest BCUT2D eigenvalue weighted by molar-refractivity contribution is 7.90. The second kappa shape index (κ2) is 8.47. The van der Waals surface area contributed by atoms with Crippen LogP contribution in [0.3, 0.4) is 0 Å². The van der Waals surface area contributed by atoms with Crippen molar-refractivity contribution < 1.29 is 18.3 Å². The molecule has 2 N–H and O–H groups in total. The molecule has 164 valence electrons. The standard InChI is InChI=1S/C21H30N4O4S/c1-14-17-8-7-16(30(4,28)29)10-18(17)24-20(23-14)25-9-5-6-15(11-25)19(27)22-12-21(2,3)13-26/h7-8,10,15,26H,5-6,9,11-13H2,1-4H3,(H,22,27). The molecule has 1 fully saturated rings. The number of aliphatic hydroxyl groups is 1. The van der Waals surface area contributed by atoms with E-state index in [1.54, 1.807) is 18.2 Å². The third-order valence-electron chi connectivity index (χ3n) is 5.52. The Morgan fingerprint density at radius 3 is 2.73 bits per heavy atom. The summed E-state index contributed by atoms with van der Waals surface area (Å²) in [5, 5.41) is 13.1. The van der Waals surface area contributed by atoms with Crippen LogP contribution in [0.2, 0.25) is 0 Å². The average Bonchev–Trinajstić information content (AvgIpc) is 2.71. The number of benzene rings is 1. The number of hydrogen-bond acceptors (Lipinski definition) is 7. The number of carbonyl (C=O) groups excluding carboxylic acids is 1. The molecule has 3 rings (SSSR count). The largest absolute Gasteiger partial charge is 0.396 e. The Bertz CT molecular complexity index is 1050. The molecule has 0 radical (unpaired) electrons. The van der Waals surface area contributed by atoms with Gasteiger partial charge in [-0.15, -0.1) is 0 Å². The Balaban J connectivity index is 1.81. The van der Waals surface area contributed by atoms with Crippen molar-refractivity contribution in [2.45, 2.75) is 38.5 Å². The van der Waals surface area contributed by atoms with Crippen LogP contribution < -0.4 is 10.2 Å². The van der Waals surface area contributed by atoms with Crippen molar-refractivity contribution >= 4 is 32.6 Å². The van der Waals surface area contributed by atoms with Crippen LogP contribution in [-0.4, -0.2) is 61.9 Å². The van der Waals surface area contributed by atoms with Crippen LogP contribution in [-0.2, 0) is 14.6 Å². The quantitative estimate of drug-likeness (QED) is 0.711. The van der Waals surface area contributed by atoms with Gasteiger partial charge in [0.15, 0.2) is 9.84 Å². The topological polar surface area (TPSA) is 112 Å². The lowest BCUT2D eigenvalue weighted by atomic mass is 9.93. The highest BCUT2D eigenvalue weighted by Crippen LogP contribution is 2.26. The molecule has 8 nitrogen and oxygen atoms in total. The highest BCUT2D eigenvalue weighted by Gasteiger charge is 2.29. The first kappa shape index (κ1) is 22.4. The van der Waals surface area contributed by atoms with Crippen molar-refractivity contribution in [3.05, 3.63) is 23.9 Å². The molecular formula is C21H30N4O4S. The Hall–Kier alpha value is -2.26. The fourth-order valence-electron chi connectivity index (χ4n) is 3.52. The Kier molecular flexibility index (Phi) is 6.33. The maximum absolute atomic E-state index is 12.6. The first-order valence-corrected chi connectivity index (χ1v) is 12.0. The molecule has 1 aliphatic heterocycles. The summed E-state index contributed by atoms with van der Waals surface area (Å²) < 4.78 is 23.8. The van der Waals surface area contributed by atoms with Crippen LogP contribution in [0.5, 0.6) is 0 Å². The lowest BCUT2D eigenvalue weighted by Gasteiger charge is -2.33. The summed E-state index contributed by atoms with van der Waals surface area (Å²) in [6, 6.07) is 4.89. The number of aromatic nitrogens is 2. The number of amides is 1. The number of anilines is 1. The van der Waals surface area contributed by atoms with E-state index in [-0.39, 0.29) is 28.7 Å². The number of hydrogen-bond donors (Lipinski definition) is 2. The zero-order valence-corrected chi connectivity index (χ0v) is 18.8. The number of aryl methyl sites for hydroxylation is 1. The van der Waals surface area contributed by atoms with Crippen molar-refractivity contribution in [3.63, 3.8) is 0 Å². The van der Waals surface area contributed by atoms with E-state index >= 15 is 0 Å². The minimum Gasteiger partial charge on any atom is -0.396 e. The summed E-state index contributed by atoms with van der Waals surface area (Å²) in [7, 11) is -3.33. The maximum Gasteiger partial charge on any atom is 0.226 e. The van der Waals surface area contributed by atoms with Gasteiger partial charge in [-0.3, -0.25) is 4.79 Å². The van der Waals surface area contributed by atoms with Crippen LogP contribution in [0, 0.1) is 18.3 Å². The van der Waals surface area contributed by atoms with Crippen molar-refractivity contribution in [3.8, 4) is 0 Å². The molecule has 0 spiro atoms. The predicted molar refractivity (Wildman–Crippen MR) is 116 cm³/mol. The van der Waals surface area contributed by atoms with Crippen molar-refractivity contribution in [1.29, 1.82) is 0 Å². The van der Waals surface area contributed by atoms with Gasteiger partial charge in [0.05, 0.1) is 22.0 Å². The van der Waals surface area contributed by atoms with E-state index in [1.165, 1.54) is 6.26 Å². The van der Waals surface area contributed by atoms with Crippen molar-refractivity contribution in [2.24, 2.45) is 11.3 Å². The summed E-state index contributed by atoms with van der Waals surface area (Å²) in [6.07, 6.45) is 2.80. The number of sulfone groups is 1. The van der Waals surface area contributed by atoms with E-state index in [9.17, 15) is 18.3 Å². The first-order valence-electron chi connectivity index (χ1n) is 10.1. The average molecular weight is 435 g/mol. The lowest BCUT2D eigenvalue weighted by molar-refractivity contribution is -0.125. The third kappa shape index (κ3) is 5.07. The van der Waals surface area contributed by atoms with Gasteiger partial charge in [0.1, 0.15) is 0 Å². The van der Waals surface area contributed by atoms with Crippen LogP contribution in [0.4, 0.5) is 5.95 Å². The predicted octanol–water partition coefficient (Wildman–Crippen LogP) is 1.69. The van der Waals surface area contributed by atoms with Crippen molar-refractivity contribution in [1.82, 2.24) is 15.3 Å². The van der Waals surface area contributed by atoms with Gasteiger partial charge in [-0.05, 0) is 38.0 Å². The van der Waals surface area contributed by atoms with E-state index in [1.807, 2.05) is 25.7 Å².